The number of carboxylic acids is 1. The molecule has 2 aromatic rings. The number of carboxylic acid groups (broad SMARTS) is 1. The van der Waals surface area contributed by atoms with Crippen molar-refractivity contribution in [3.8, 4) is 5.75 Å². The third-order valence-corrected chi connectivity index (χ3v) is 8.58. The zero-order valence-electron chi connectivity index (χ0n) is 18.1. The summed E-state index contributed by atoms with van der Waals surface area (Å²) in [6.45, 7) is 4.64. The van der Waals surface area contributed by atoms with Gasteiger partial charge in [0.1, 0.15) is 5.75 Å². The number of aromatic hydroxyl groups is 1. The Morgan fingerprint density at radius 2 is 2.06 bits per heavy atom. The Labute approximate surface area is 187 Å². The summed E-state index contributed by atoms with van der Waals surface area (Å²) >= 11 is 1.40. The highest BCUT2D eigenvalue weighted by atomic mass is 32.1. The number of aliphatic carboxylic acids is 1. The number of carbonyl (C=O) groups is 2. The highest BCUT2D eigenvalue weighted by Crippen LogP contribution is 2.61. The number of fused-ring (bicyclic) bond motifs is 3. The zero-order valence-corrected chi connectivity index (χ0v) is 19.0. The lowest BCUT2D eigenvalue weighted by Crippen LogP contribution is -2.63. The number of hydrogen-bond acceptors (Lipinski definition) is 4. The van der Waals surface area contributed by atoms with Crippen LogP contribution in [-0.4, -0.2) is 28.1 Å². The summed E-state index contributed by atoms with van der Waals surface area (Å²) in [5, 5.41) is 24.6. The summed E-state index contributed by atoms with van der Waals surface area (Å²) in [7, 11) is 0. The molecule has 1 aromatic carbocycles. The van der Waals surface area contributed by atoms with E-state index < -0.39 is 5.97 Å². The van der Waals surface area contributed by atoms with Gasteiger partial charge in [0.2, 0.25) is 0 Å². The molecule has 1 aromatic heterocycles. The van der Waals surface area contributed by atoms with Crippen molar-refractivity contribution >= 4 is 33.3 Å². The molecule has 3 saturated carbocycles. The molecule has 5 rings (SSSR count). The molecule has 4 atom stereocenters. The van der Waals surface area contributed by atoms with Crippen molar-refractivity contribution in [2.45, 2.75) is 58.4 Å². The van der Waals surface area contributed by atoms with Gasteiger partial charge in [0.05, 0.1) is 10.3 Å². The average molecular weight is 442 g/mol. The summed E-state index contributed by atoms with van der Waals surface area (Å²) in [5.74, 6) is 0.979. The highest BCUT2D eigenvalue weighted by Gasteiger charge is 2.57. The molecule has 1 amide bonds. The quantitative estimate of drug-likeness (QED) is 0.368. The van der Waals surface area contributed by atoms with Gasteiger partial charge >= 0.3 is 5.97 Å². The van der Waals surface area contributed by atoms with E-state index in [1.807, 2.05) is 18.2 Å². The van der Waals surface area contributed by atoms with Crippen LogP contribution in [0.1, 0.15) is 62.7 Å². The van der Waals surface area contributed by atoms with Crippen molar-refractivity contribution in [2.24, 2.45) is 23.2 Å². The fourth-order valence-electron chi connectivity index (χ4n) is 5.58. The monoisotopic (exact) mass is 441 g/mol. The van der Waals surface area contributed by atoms with Gasteiger partial charge in [-0.3, -0.25) is 9.59 Å². The molecule has 166 valence electrons. The summed E-state index contributed by atoms with van der Waals surface area (Å²) in [4.78, 5) is 23.9. The molecule has 0 saturated heterocycles. The summed E-state index contributed by atoms with van der Waals surface area (Å²) < 4.78 is 0.828. The first-order valence-corrected chi connectivity index (χ1v) is 12.0. The van der Waals surface area contributed by atoms with Gasteiger partial charge in [0.15, 0.2) is 0 Å². The van der Waals surface area contributed by atoms with E-state index in [-0.39, 0.29) is 29.5 Å². The molecular weight excluding hydrogens is 410 g/mol. The third-order valence-electron chi connectivity index (χ3n) is 7.56. The first-order valence-electron chi connectivity index (χ1n) is 11.2. The predicted octanol–water partition coefficient (Wildman–Crippen LogP) is 5.59. The van der Waals surface area contributed by atoms with E-state index in [0.717, 1.165) is 29.3 Å². The number of rotatable bonds is 8. The Bertz CT molecular complexity index is 1010. The van der Waals surface area contributed by atoms with E-state index in [4.69, 9.17) is 5.11 Å². The molecule has 3 fully saturated rings. The lowest BCUT2D eigenvalue weighted by Gasteiger charge is -2.62. The van der Waals surface area contributed by atoms with E-state index in [1.165, 1.54) is 17.8 Å². The second kappa shape index (κ2) is 8.65. The number of nitrogens with one attached hydrogen (secondary N) is 1. The topological polar surface area (TPSA) is 86.6 Å². The number of hydrogen-bond donors (Lipinski definition) is 3. The van der Waals surface area contributed by atoms with Crippen LogP contribution in [0.2, 0.25) is 0 Å². The molecular formula is C25H31NO4S. The van der Waals surface area contributed by atoms with Crippen LogP contribution in [0.5, 0.6) is 5.75 Å². The van der Waals surface area contributed by atoms with Crippen molar-refractivity contribution < 1.29 is 19.8 Å². The number of allylic oxidation sites excluding steroid dienone is 2. The molecule has 0 aliphatic heterocycles. The van der Waals surface area contributed by atoms with Crippen LogP contribution in [0, 0.1) is 23.2 Å². The second-order valence-electron chi connectivity index (χ2n) is 9.65. The van der Waals surface area contributed by atoms with Gasteiger partial charge in [-0.05, 0) is 67.4 Å². The van der Waals surface area contributed by atoms with Crippen LogP contribution in [-0.2, 0) is 4.79 Å². The molecule has 1 unspecified atom stereocenters. The standard InChI is InChI=1S/C25H31NO4S/c1-25(2)16-12-15(8-5-3-4-6-11-21(28)29)22(19(25)13-16)26-24(30)18-10-7-9-17-20(27)14-31-23(17)18/h3,5,7,9-10,14-16,19,22,27H,4,6,8,11-13H2,1-2H3,(H,26,30)(H,28,29)/t15-,16-,19-,22?/m0/s1. The van der Waals surface area contributed by atoms with Crippen LogP contribution >= 0.6 is 11.3 Å². The summed E-state index contributed by atoms with van der Waals surface area (Å²) in [5.41, 5.74) is 0.873. The fourth-order valence-corrected chi connectivity index (χ4v) is 6.52. The van der Waals surface area contributed by atoms with Gasteiger partial charge in [-0.2, -0.15) is 0 Å². The first kappa shape index (κ1) is 21.9. The molecule has 31 heavy (non-hydrogen) atoms. The second-order valence-corrected chi connectivity index (χ2v) is 10.5. The van der Waals surface area contributed by atoms with E-state index in [0.29, 0.717) is 29.7 Å². The average Bonchev–Trinajstić information content (AvgIpc) is 3.11. The number of thiophene rings is 1. The molecule has 0 spiro atoms. The third kappa shape index (κ3) is 4.22. The molecule has 5 nitrogen and oxygen atoms in total. The van der Waals surface area contributed by atoms with Gasteiger partial charge in [-0.1, -0.05) is 32.1 Å². The highest BCUT2D eigenvalue weighted by molar-refractivity contribution is 7.18. The Balaban J connectivity index is 1.47. The molecule has 0 radical (unpaired) electrons. The Morgan fingerprint density at radius 3 is 2.81 bits per heavy atom. The van der Waals surface area contributed by atoms with Crippen molar-refractivity contribution in [3.63, 3.8) is 0 Å². The van der Waals surface area contributed by atoms with Gasteiger partial charge in [0.25, 0.3) is 5.91 Å². The fraction of sp³-hybridized carbons (Fsp3) is 0.520. The van der Waals surface area contributed by atoms with Gasteiger partial charge < -0.3 is 15.5 Å². The maximum Gasteiger partial charge on any atom is 0.303 e. The summed E-state index contributed by atoms with van der Waals surface area (Å²) in [6, 6.07) is 5.63. The number of unbranched alkanes of at least 4 members (excludes halogenated alkanes) is 1. The number of amides is 1. The number of benzene rings is 1. The van der Waals surface area contributed by atoms with Crippen LogP contribution < -0.4 is 5.32 Å². The normalized spacial score (nSPS) is 26.6. The first-order chi connectivity index (χ1) is 14.8. The molecule has 6 heteroatoms. The minimum atomic E-state index is -0.750. The lowest BCUT2D eigenvalue weighted by atomic mass is 9.44. The van der Waals surface area contributed by atoms with Crippen LogP contribution in [0.25, 0.3) is 10.1 Å². The Morgan fingerprint density at radius 1 is 1.26 bits per heavy atom. The largest absolute Gasteiger partial charge is 0.506 e. The van der Waals surface area contributed by atoms with Crippen molar-refractivity contribution in [1.29, 1.82) is 0 Å². The van der Waals surface area contributed by atoms with Crippen LogP contribution in [0.3, 0.4) is 0 Å². The smallest absolute Gasteiger partial charge is 0.303 e. The van der Waals surface area contributed by atoms with Crippen molar-refractivity contribution in [2.75, 3.05) is 0 Å². The predicted molar refractivity (Wildman–Crippen MR) is 123 cm³/mol. The minimum absolute atomic E-state index is 0.0611. The molecule has 2 bridgehead atoms. The van der Waals surface area contributed by atoms with Crippen LogP contribution in [0.4, 0.5) is 0 Å². The molecule has 3 aliphatic rings. The molecule has 3 N–H and O–H groups in total. The van der Waals surface area contributed by atoms with E-state index in [1.54, 1.807) is 5.38 Å². The minimum Gasteiger partial charge on any atom is -0.506 e. The van der Waals surface area contributed by atoms with Crippen molar-refractivity contribution in [1.82, 2.24) is 5.32 Å². The van der Waals surface area contributed by atoms with Gasteiger partial charge in [-0.15, -0.1) is 11.3 Å². The maximum atomic E-state index is 13.3. The van der Waals surface area contributed by atoms with Crippen LogP contribution in [0.15, 0.2) is 35.7 Å². The Hall–Kier alpha value is -2.34. The number of carbonyl (C=O) groups excluding carboxylic acids is 1. The Kier molecular flexibility index (Phi) is 6.11. The van der Waals surface area contributed by atoms with E-state index >= 15 is 0 Å². The SMILES string of the molecule is CC1(C)[C@H]2C[C@H](CC=CCCCC(=O)O)C(NC(=O)c3cccc4c(O)csc34)[C@@H]1C2. The van der Waals surface area contributed by atoms with Crippen molar-refractivity contribution in [3.05, 3.63) is 41.3 Å². The molecule has 1 heterocycles. The molecule has 3 aliphatic carbocycles. The summed E-state index contributed by atoms with van der Waals surface area (Å²) in [6.07, 6.45) is 9.08. The maximum absolute atomic E-state index is 13.3. The van der Waals surface area contributed by atoms with E-state index in [9.17, 15) is 14.7 Å². The lowest BCUT2D eigenvalue weighted by molar-refractivity contribution is -0.137. The van der Waals surface area contributed by atoms with Gasteiger partial charge in [-0.25, -0.2) is 0 Å². The zero-order chi connectivity index (χ0) is 22.2. The van der Waals surface area contributed by atoms with Gasteiger partial charge in [0, 0.05) is 23.2 Å². The van der Waals surface area contributed by atoms with E-state index in [2.05, 4.69) is 31.3 Å².